The van der Waals surface area contributed by atoms with Crippen molar-refractivity contribution in [3.05, 3.63) is 11.9 Å². The van der Waals surface area contributed by atoms with Crippen LogP contribution in [0.2, 0.25) is 0 Å². The first-order valence-corrected chi connectivity index (χ1v) is 3.92. The Morgan fingerprint density at radius 1 is 1.64 bits per heavy atom. The van der Waals surface area contributed by atoms with Crippen LogP contribution in [0.4, 0.5) is 0 Å². The molecule has 0 radical (unpaired) electrons. The van der Waals surface area contributed by atoms with Gasteiger partial charge in [0.2, 0.25) is 0 Å². The summed E-state index contributed by atoms with van der Waals surface area (Å²) in [6.45, 7) is 1.97. The average Bonchev–Trinajstić information content (AvgIpc) is 2.64. The number of rotatable bonds is 2. The summed E-state index contributed by atoms with van der Waals surface area (Å²) < 4.78 is 7.38. The summed E-state index contributed by atoms with van der Waals surface area (Å²) in [4.78, 5) is 0. The predicted molar refractivity (Wildman–Crippen MR) is 41.6 cm³/mol. The lowest BCUT2D eigenvalue weighted by Crippen LogP contribution is -1.95. The minimum absolute atomic E-state index is 0.470. The lowest BCUT2D eigenvalue weighted by atomic mass is 10.4. The smallest absolute Gasteiger partial charge is 0.160 e. The average molecular weight is 152 g/mol. The SMILES string of the molecule is Cc1nn(C)cc1OC1CC1. The van der Waals surface area contributed by atoms with E-state index in [9.17, 15) is 0 Å². The van der Waals surface area contributed by atoms with Gasteiger partial charge in [-0.1, -0.05) is 0 Å². The number of aryl methyl sites for hydroxylation is 2. The molecule has 1 fully saturated rings. The highest BCUT2D eigenvalue weighted by atomic mass is 16.5. The van der Waals surface area contributed by atoms with Crippen LogP contribution in [0.25, 0.3) is 0 Å². The van der Waals surface area contributed by atoms with Crippen molar-refractivity contribution in [1.29, 1.82) is 0 Å². The van der Waals surface area contributed by atoms with Crippen LogP contribution in [-0.2, 0) is 7.05 Å². The maximum atomic E-state index is 5.59. The van der Waals surface area contributed by atoms with Crippen molar-refractivity contribution >= 4 is 0 Å². The van der Waals surface area contributed by atoms with Crippen LogP contribution in [0.1, 0.15) is 18.5 Å². The van der Waals surface area contributed by atoms with Crippen LogP contribution in [-0.4, -0.2) is 15.9 Å². The van der Waals surface area contributed by atoms with E-state index >= 15 is 0 Å². The molecule has 0 unspecified atom stereocenters. The molecule has 0 aromatic carbocycles. The number of nitrogens with zero attached hydrogens (tertiary/aromatic N) is 2. The van der Waals surface area contributed by atoms with Crippen molar-refractivity contribution in [2.75, 3.05) is 0 Å². The summed E-state index contributed by atoms with van der Waals surface area (Å²) in [7, 11) is 1.91. The fraction of sp³-hybridized carbons (Fsp3) is 0.625. The summed E-state index contributed by atoms with van der Waals surface area (Å²) in [5.41, 5.74) is 0.986. The van der Waals surface area contributed by atoms with Crippen LogP contribution in [0.15, 0.2) is 6.20 Å². The third-order valence-corrected chi connectivity index (χ3v) is 1.79. The molecule has 11 heavy (non-hydrogen) atoms. The van der Waals surface area contributed by atoms with Crippen LogP contribution >= 0.6 is 0 Å². The second kappa shape index (κ2) is 2.26. The fourth-order valence-corrected chi connectivity index (χ4v) is 1.06. The molecule has 1 saturated carbocycles. The van der Waals surface area contributed by atoms with E-state index in [4.69, 9.17) is 4.74 Å². The van der Waals surface area contributed by atoms with E-state index in [0.717, 1.165) is 11.4 Å². The van der Waals surface area contributed by atoms with Gasteiger partial charge in [0.1, 0.15) is 5.69 Å². The predicted octanol–water partition coefficient (Wildman–Crippen LogP) is 1.27. The molecule has 0 N–H and O–H groups in total. The van der Waals surface area contributed by atoms with Gasteiger partial charge in [-0.15, -0.1) is 0 Å². The van der Waals surface area contributed by atoms with Crippen LogP contribution in [0, 0.1) is 6.92 Å². The van der Waals surface area contributed by atoms with E-state index in [0.29, 0.717) is 6.10 Å². The van der Waals surface area contributed by atoms with Crippen molar-refractivity contribution in [2.24, 2.45) is 7.05 Å². The molecule has 3 nitrogen and oxygen atoms in total. The van der Waals surface area contributed by atoms with Gasteiger partial charge in [0.05, 0.1) is 12.3 Å². The molecule has 0 bridgehead atoms. The van der Waals surface area contributed by atoms with Gasteiger partial charge in [-0.3, -0.25) is 4.68 Å². The first kappa shape index (κ1) is 6.70. The van der Waals surface area contributed by atoms with Gasteiger partial charge < -0.3 is 4.74 Å². The first-order valence-electron chi connectivity index (χ1n) is 3.92. The summed E-state index contributed by atoms with van der Waals surface area (Å²) in [5.74, 6) is 0.940. The summed E-state index contributed by atoms with van der Waals surface area (Å²) in [5, 5.41) is 4.18. The summed E-state index contributed by atoms with van der Waals surface area (Å²) in [6.07, 6.45) is 4.80. The third-order valence-electron chi connectivity index (χ3n) is 1.79. The van der Waals surface area contributed by atoms with Crippen molar-refractivity contribution in [3.8, 4) is 5.75 Å². The number of hydrogen-bond acceptors (Lipinski definition) is 2. The van der Waals surface area contributed by atoms with Crippen molar-refractivity contribution in [1.82, 2.24) is 9.78 Å². The molecule has 0 atom stereocenters. The van der Waals surface area contributed by atoms with E-state index in [-0.39, 0.29) is 0 Å². The molecule has 0 spiro atoms. The number of aromatic nitrogens is 2. The lowest BCUT2D eigenvalue weighted by molar-refractivity contribution is 0.301. The van der Waals surface area contributed by atoms with E-state index in [1.807, 2.05) is 20.2 Å². The lowest BCUT2D eigenvalue weighted by Gasteiger charge is -1.99. The van der Waals surface area contributed by atoms with Crippen molar-refractivity contribution in [3.63, 3.8) is 0 Å². The highest BCUT2D eigenvalue weighted by Gasteiger charge is 2.24. The minimum Gasteiger partial charge on any atom is -0.487 e. The molecular formula is C8H12N2O. The Balaban J connectivity index is 2.14. The molecule has 1 aliphatic rings. The van der Waals surface area contributed by atoms with Crippen LogP contribution in [0.5, 0.6) is 5.75 Å². The van der Waals surface area contributed by atoms with Gasteiger partial charge in [0.15, 0.2) is 5.75 Å². The summed E-state index contributed by atoms with van der Waals surface area (Å²) in [6, 6.07) is 0. The van der Waals surface area contributed by atoms with Crippen molar-refractivity contribution in [2.45, 2.75) is 25.9 Å². The maximum Gasteiger partial charge on any atom is 0.160 e. The van der Waals surface area contributed by atoms with Gasteiger partial charge in [0, 0.05) is 7.05 Å². The van der Waals surface area contributed by atoms with Crippen LogP contribution < -0.4 is 4.74 Å². The van der Waals surface area contributed by atoms with Gasteiger partial charge in [0.25, 0.3) is 0 Å². The molecular weight excluding hydrogens is 140 g/mol. The van der Waals surface area contributed by atoms with Crippen molar-refractivity contribution < 1.29 is 4.74 Å². The quantitative estimate of drug-likeness (QED) is 0.638. The zero-order valence-electron chi connectivity index (χ0n) is 6.87. The van der Waals surface area contributed by atoms with Gasteiger partial charge in [-0.05, 0) is 19.8 Å². The number of hydrogen-bond donors (Lipinski definition) is 0. The topological polar surface area (TPSA) is 27.1 Å². The third kappa shape index (κ3) is 1.37. The van der Waals surface area contributed by atoms with Gasteiger partial charge in [-0.25, -0.2) is 0 Å². The molecule has 60 valence electrons. The maximum absolute atomic E-state index is 5.59. The fourth-order valence-electron chi connectivity index (χ4n) is 1.06. The summed E-state index contributed by atoms with van der Waals surface area (Å²) >= 11 is 0. The van der Waals surface area contributed by atoms with Gasteiger partial charge in [-0.2, -0.15) is 5.10 Å². The monoisotopic (exact) mass is 152 g/mol. The van der Waals surface area contributed by atoms with E-state index in [2.05, 4.69) is 5.10 Å². The Morgan fingerprint density at radius 3 is 2.82 bits per heavy atom. The molecule has 1 aliphatic carbocycles. The Kier molecular flexibility index (Phi) is 1.37. The molecule has 0 aliphatic heterocycles. The molecule has 1 aromatic rings. The number of ether oxygens (including phenoxy) is 1. The first-order chi connectivity index (χ1) is 5.25. The minimum atomic E-state index is 0.470. The highest BCUT2D eigenvalue weighted by Crippen LogP contribution is 2.27. The molecule has 0 amide bonds. The van der Waals surface area contributed by atoms with E-state index in [1.165, 1.54) is 12.8 Å². The molecule has 1 heterocycles. The largest absolute Gasteiger partial charge is 0.487 e. The highest BCUT2D eigenvalue weighted by molar-refractivity contribution is 5.23. The zero-order chi connectivity index (χ0) is 7.84. The zero-order valence-corrected chi connectivity index (χ0v) is 6.87. The molecule has 1 aromatic heterocycles. The molecule has 0 saturated heterocycles. The Bertz CT molecular complexity index is 263. The van der Waals surface area contributed by atoms with Gasteiger partial charge >= 0.3 is 0 Å². The molecule has 3 heteroatoms. The standard InChI is InChI=1S/C8H12N2O/c1-6-8(5-10(2)9-6)11-7-3-4-7/h5,7H,3-4H2,1-2H3. The normalized spacial score (nSPS) is 16.9. The Labute approximate surface area is 66.0 Å². The van der Waals surface area contributed by atoms with E-state index < -0.39 is 0 Å². The Hall–Kier alpha value is -0.990. The Morgan fingerprint density at radius 2 is 2.36 bits per heavy atom. The molecule has 2 rings (SSSR count). The second-order valence-electron chi connectivity index (χ2n) is 3.07. The van der Waals surface area contributed by atoms with E-state index in [1.54, 1.807) is 4.68 Å². The van der Waals surface area contributed by atoms with Crippen LogP contribution in [0.3, 0.4) is 0 Å². The second-order valence-corrected chi connectivity index (χ2v) is 3.07.